The minimum Gasteiger partial charge on any atom is -0.496 e. The summed E-state index contributed by atoms with van der Waals surface area (Å²) in [7, 11) is 1.59. The molecule has 0 saturated carbocycles. The molecule has 28 heavy (non-hydrogen) atoms. The van der Waals surface area contributed by atoms with Gasteiger partial charge in [-0.2, -0.15) is 0 Å². The Kier molecular flexibility index (Phi) is 6.41. The van der Waals surface area contributed by atoms with Crippen LogP contribution in [0.2, 0.25) is 0 Å². The van der Waals surface area contributed by atoms with Crippen molar-refractivity contribution in [1.29, 1.82) is 0 Å². The molecule has 0 atom stereocenters. The molecule has 5 heteroatoms. The topological polar surface area (TPSA) is 64.6 Å². The van der Waals surface area contributed by atoms with Gasteiger partial charge in [-0.25, -0.2) is 0 Å². The molecule has 0 bridgehead atoms. The third-order valence-electron chi connectivity index (χ3n) is 4.19. The lowest BCUT2D eigenvalue weighted by Crippen LogP contribution is -2.28. The predicted octanol–water partition coefficient (Wildman–Crippen LogP) is 3.62. The van der Waals surface area contributed by atoms with E-state index in [1.54, 1.807) is 43.5 Å². The van der Waals surface area contributed by atoms with E-state index in [0.717, 1.165) is 11.3 Å². The van der Waals surface area contributed by atoms with Crippen molar-refractivity contribution in [3.8, 4) is 11.5 Å². The second-order valence-corrected chi connectivity index (χ2v) is 6.10. The number of hydrogen-bond acceptors (Lipinski definition) is 4. The van der Waals surface area contributed by atoms with E-state index in [2.05, 4.69) is 5.32 Å². The van der Waals surface area contributed by atoms with E-state index in [0.29, 0.717) is 23.4 Å². The van der Waals surface area contributed by atoms with Crippen LogP contribution in [-0.2, 0) is 11.3 Å². The van der Waals surface area contributed by atoms with E-state index < -0.39 is 0 Å². The molecule has 1 N–H and O–H groups in total. The molecule has 0 aliphatic carbocycles. The number of amides is 1. The van der Waals surface area contributed by atoms with Gasteiger partial charge in [-0.15, -0.1) is 0 Å². The first-order chi connectivity index (χ1) is 13.7. The minimum absolute atomic E-state index is 0.0540. The maximum absolute atomic E-state index is 12.4. The molecule has 3 aromatic rings. The maximum Gasteiger partial charge on any atom is 0.258 e. The number of ether oxygens (including phenoxy) is 2. The van der Waals surface area contributed by atoms with E-state index in [4.69, 9.17) is 9.47 Å². The summed E-state index contributed by atoms with van der Waals surface area (Å²) in [6, 6.07) is 23.3. The summed E-state index contributed by atoms with van der Waals surface area (Å²) in [5.41, 5.74) is 2.09. The summed E-state index contributed by atoms with van der Waals surface area (Å²) >= 11 is 0. The summed E-state index contributed by atoms with van der Waals surface area (Å²) in [5, 5.41) is 2.80. The van der Waals surface area contributed by atoms with Crippen molar-refractivity contribution in [2.45, 2.75) is 6.54 Å². The van der Waals surface area contributed by atoms with Gasteiger partial charge >= 0.3 is 0 Å². The summed E-state index contributed by atoms with van der Waals surface area (Å²) < 4.78 is 10.8. The van der Waals surface area contributed by atoms with Gasteiger partial charge in [0.2, 0.25) is 0 Å². The third-order valence-corrected chi connectivity index (χ3v) is 4.19. The minimum atomic E-state index is -0.240. The Morgan fingerprint density at radius 3 is 2.18 bits per heavy atom. The number of benzene rings is 3. The standard InChI is InChI=1S/C23H21NO4/c1-27-21-10-6-5-9-19(21)15-24-22(25)16-28-20-13-11-18(12-14-20)23(26)17-7-3-2-4-8-17/h2-14H,15-16H2,1H3,(H,24,25). The number of methoxy groups -OCH3 is 1. The van der Waals surface area contributed by atoms with Gasteiger partial charge in [-0.05, 0) is 30.3 Å². The van der Waals surface area contributed by atoms with Crippen molar-refractivity contribution in [2.24, 2.45) is 0 Å². The molecule has 0 aliphatic heterocycles. The average molecular weight is 375 g/mol. The van der Waals surface area contributed by atoms with Crippen molar-refractivity contribution in [3.05, 3.63) is 95.6 Å². The quantitative estimate of drug-likeness (QED) is 0.611. The van der Waals surface area contributed by atoms with Crippen molar-refractivity contribution in [1.82, 2.24) is 5.32 Å². The van der Waals surface area contributed by atoms with Crippen LogP contribution in [0.1, 0.15) is 21.5 Å². The van der Waals surface area contributed by atoms with Crippen LogP contribution in [-0.4, -0.2) is 25.4 Å². The zero-order valence-corrected chi connectivity index (χ0v) is 15.6. The summed E-state index contributed by atoms with van der Waals surface area (Å²) in [6.07, 6.45) is 0. The van der Waals surface area contributed by atoms with Crippen LogP contribution < -0.4 is 14.8 Å². The number of carbonyl (C=O) groups excluding carboxylic acids is 2. The molecule has 0 unspecified atom stereocenters. The van der Waals surface area contributed by atoms with Gasteiger partial charge in [-0.3, -0.25) is 9.59 Å². The Morgan fingerprint density at radius 1 is 0.821 bits per heavy atom. The van der Waals surface area contributed by atoms with Crippen molar-refractivity contribution in [3.63, 3.8) is 0 Å². The Bertz CT molecular complexity index is 936. The van der Waals surface area contributed by atoms with Crippen LogP contribution in [0.3, 0.4) is 0 Å². The van der Waals surface area contributed by atoms with E-state index in [9.17, 15) is 9.59 Å². The zero-order valence-electron chi connectivity index (χ0n) is 15.6. The monoisotopic (exact) mass is 375 g/mol. The van der Waals surface area contributed by atoms with E-state index >= 15 is 0 Å². The fourth-order valence-electron chi connectivity index (χ4n) is 2.70. The van der Waals surface area contributed by atoms with Crippen LogP contribution in [0.25, 0.3) is 0 Å². The number of carbonyl (C=O) groups is 2. The molecule has 0 fully saturated rings. The van der Waals surface area contributed by atoms with Crippen LogP contribution in [0.5, 0.6) is 11.5 Å². The highest BCUT2D eigenvalue weighted by Crippen LogP contribution is 2.17. The van der Waals surface area contributed by atoms with E-state index in [1.165, 1.54) is 0 Å². The highest BCUT2D eigenvalue weighted by molar-refractivity contribution is 6.08. The molecule has 3 rings (SSSR count). The van der Waals surface area contributed by atoms with E-state index in [-0.39, 0.29) is 18.3 Å². The molecule has 142 valence electrons. The SMILES string of the molecule is COc1ccccc1CNC(=O)COc1ccc(C(=O)c2ccccc2)cc1. The average Bonchev–Trinajstić information content (AvgIpc) is 2.77. The summed E-state index contributed by atoms with van der Waals surface area (Å²) in [6.45, 7) is 0.248. The zero-order chi connectivity index (χ0) is 19.8. The number of hydrogen-bond donors (Lipinski definition) is 1. The summed E-state index contributed by atoms with van der Waals surface area (Å²) in [4.78, 5) is 24.4. The molecule has 0 heterocycles. The number of ketones is 1. The lowest BCUT2D eigenvalue weighted by molar-refractivity contribution is -0.123. The van der Waals surface area contributed by atoms with Crippen molar-refractivity contribution >= 4 is 11.7 Å². The van der Waals surface area contributed by atoms with Gasteiger partial charge in [0, 0.05) is 23.2 Å². The molecule has 3 aromatic carbocycles. The first-order valence-electron chi connectivity index (χ1n) is 8.88. The Labute approximate surface area is 163 Å². The molecule has 0 aliphatic rings. The van der Waals surface area contributed by atoms with Crippen LogP contribution in [0, 0.1) is 0 Å². The molecule has 0 spiro atoms. The molecule has 0 radical (unpaired) electrons. The Hall–Kier alpha value is -3.60. The predicted molar refractivity (Wildman–Crippen MR) is 107 cm³/mol. The fourth-order valence-corrected chi connectivity index (χ4v) is 2.70. The number of nitrogens with one attached hydrogen (secondary N) is 1. The second kappa shape index (κ2) is 9.37. The van der Waals surface area contributed by atoms with Gasteiger partial charge in [0.1, 0.15) is 11.5 Å². The van der Waals surface area contributed by atoms with Crippen LogP contribution in [0.15, 0.2) is 78.9 Å². The highest BCUT2D eigenvalue weighted by atomic mass is 16.5. The molecule has 1 amide bonds. The molecule has 5 nitrogen and oxygen atoms in total. The van der Waals surface area contributed by atoms with Gasteiger partial charge in [0.05, 0.1) is 7.11 Å². The maximum atomic E-state index is 12.4. The lowest BCUT2D eigenvalue weighted by atomic mass is 10.0. The smallest absolute Gasteiger partial charge is 0.258 e. The molecule has 0 aromatic heterocycles. The molecule has 0 saturated heterocycles. The normalized spacial score (nSPS) is 10.2. The first-order valence-corrected chi connectivity index (χ1v) is 8.88. The second-order valence-electron chi connectivity index (χ2n) is 6.10. The molecular formula is C23H21NO4. The number of para-hydroxylation sites is 1. The lowest BCUT2D eigenvalue weighted by Gasteiger charge is -2.10. The van der Waals surface area contributed by atoms with Crippen molar-refractivity contribution < 1.29 is 19.1 Å². The fraction of sp³-hybridized carbons (Fsp3) is 0.130. The van der Waals surface area contributed by atoms with Gasteiger partial charge in [0.25, 0.3) is 5.91 Å². The Balaban J connectivity index is 1.50. The molecular weight excluding hydrogens is 354 g/mol. The van der Waals surface area contributed by atoms with Crippen LogP contribution >= 0.6 is 0 Å². The van der Waals surface area contributed by atoms with Gasteiger partial charge in [0.15, 0.2) is 12.4 Å². The third kappa shape index (κ3) is 4.98. The van der Waals surface area contributed by atoms with Crippen LogP contribution in [0.4, 0.5) is 0 Å². The van der Waals surface area contributed by atoms with E-state index in [1.807, 2.05) is 42.5 Å². The highest BCUT2D eigenvalue weighted by Gasteiger charge is 2.09. The van der Waals surface area contributed by atoms with Gasteiger partial charge in [-0.1, -0.05) is 48.5 Å². The number of rotatable bonds is 8. The Morgan fingerprint density at radius 2 is 1.46 bits per heavy atom. The first kappa shape index (κ1) is 19.2. The van der Waals surface area contributed by atoms with Gasteiger partial charge < -0.3 is 14.8 Å². The largest absolute Gasteiger partial charge is 0.496 e. The summed E-state index contributed by atoms with van der Waals surface area (Å²) in [5.74, 6) is 0.955. The van der Waals surface area contributed by atoms with Crippen molar-refractivity contribution in [2.75, 3.05) is 13.7 Å².